The third-order valence-corrected chi connectivity index (χ3v) is 4.33. The highest BCUT2D eigenvalue weighted by Crippen LogP contribution is 2.51. The first kappa shape index (κ1) is 13.5. The van der Waals surface area contributed by atoms with Gasteiger partial charge in [0.15, 0.2) is 7.98 Å². The van der Waals surface area contributed by atoms with Crippen molar-refractivity contribution in [2.45, 2.75) is 55.9 Å². The lowest BCUT2D eigenvalue weighted by Crippen LogP contribution is -2.41. The molecule has 2 nitrogen and oxygen atoms in total. The minimum absolute atomic E-state index is 0.0785. The van der Waals surface area contributed by atoms with Gasteiger partial charge in [-0.1, -0.05) is 24.6 Å². The normalized spacial score (nSPS) is 32.3. The van der Waals surface area contributed by atoms with E-state index < -0.39 is 0 Å². The van der Waals surface area contributed by atoms with Gasteiger partial charge in [-0.2, -0.15) is 0 Å². The molecule has 2 rings (SSSR count). The third kappa shape index (κ3) is 3.32. The molecule has 0 aromatic heterocycles. The molecule has 88 valence electrons. The molecular weight excluding hydrogens is 207 g/mol. The van der Waals surface area contributed by atoms with Crippen LogP contribution in [0.1, 0.15) is 44.9 Å². The van der Waals surface area contributed by atoms with E-state index in [1.54, 1.807) is 4.81 Å². The van der Waals surface area contributed by atoms with Gasteiger partial charge in [0, 0.05) is 6.61 Å². The van der Waals surface area contributed by atoms with Crippen LogP contribution in [-0.4, -0.2) is 53.7 Å². The molecule has 1 aliphatic carbocycles. The summed E-state index contributed by atoms with van der Waals surface area (Å²) in [4.78, 5) is 1.63. The fourth-order valence-electron chi connectivity index (χ4n) is 3.26. The summed E-state index contributed by atoms with van der Waals surface area (Å²) in [6.07, 6.45) is 8.13. The summed E-state index contributed by atoms with van der Waals surface area (Å²) in [7, 11) is 17.7. The van der Waals surface area contributed by atoms with Gasteiger partial charge in [-0.25, -0.2) is 0 Å². The molecule has 2 fully saturated rings. The van der Waals surface area contributed by atoms with Crippen LogP contribution in [0.3, 0.4) is 0 Å². The Labute approximate surface area is 109 Å². The summed E-state index contributed by atoms with van der Waals surface area (Å²) in [5, 5.41) is -0.116. The Morgan fingerprint density at radius 3 is 2.53 bits per heavy atom. The Bertz CT molecular complexity index is 258. The zero-order valence-corrected chi connectivity index (χ0v) is 10.7. The average molecular weight is 227 g/mol. The number of hydrogen-bond acceptors (Lipinski definition) is 2. The molecule has 0 aromatic rings. The molecule has 0 N–H and O–H groups in total. The van der Waals surface area contributed by atoms with Gasteiger partial charge in [-0.15, -0.1) is 0 Å². The molecule has 1 spiro atoms. The SMILES string of the molecule is [B]CN([B])CCC1([B])CCOC2(CCCC2)C1. The molecule has 0 aromatic carbocycles. The van der Waals surface area contributed by atoms with E-state index in [0.29, 0.717) is 6.44 Å². The number of rotatable bonds is 4. The van der Waals surface area contributed by atoms with Crippen LogP contribution < -0.4 is 0 Å². The second-order valence-corrected chi connectivity index (χ2v) is 5.77. The number of nitrogens with zero attached hydrogens (tertiary/aromatic N) is 1. The first-order valence-electron chi connectivity index (χ1n) is 6.70. The third-order valence-electron chi connectivity index (χ3n) is 4.33. The number of hydrogen-bond donors (Lipinski definition) is 0. The highest BCUT2D eigenvalue weighted by atomic mass is 16.5. The van der Waals surface area contributed by atoms with E-state index in [9.17, 15) is 0 Å². The van der Waals surface area contributed by atoms with Crippen LogP contribution in [0, 0.1) is 0 Å². The van der Waals surface area contributed by atoms with Crippen molar-refractivity contribution in [1.82, 2.24) is 4.81 Å². The van der Waals surface area contributed by atoms with E-state index in [2.05, 4.69) is 0 Å². The van der Waals surface area contributed by atoms with E-state index in [4.69, 9.17) is 28.4 Å². The predicted octanol–water partition coefficient (Wildman–Crippen LogP) is 1.34. The van der Waals surface area contributed by atoms with E-state index in [1.807, 2.05) is 0 Å². The molecule has 0 bridgehead atoms. The van der Waals surface area contributed by atoms with E-state index in [0.717, 1.165) is 32.4 Å². The highest BCUT2D eigenvalue weighted by Gasteiger charge is 2.44. The van der Waals surface area contributed by atoms with Gasteiger partial charge >= 0.3 is 0 Å². The second kappa shape index (κ2) is 5.40. The highest BCUT2D eigenvalue weighted by molar-refractivity contribution is 6.15. The van der Waals surface area contributed by atoms with Gasteiger partial charge in [0.2, 0.25) is 0 Å². The van der Waals surface area contributed by atoms with Gasteiger partial charge in [0.25, 0.3) is 0 Å². The molecule has 6 radical (unpaired) electrons. The van der Waals surface area contributed by atoms with Gasteiger partial charge in [-0.05, 0) is 38.6 Å². The Balaban J connectivity index is 1.90. The molecule has 5 heteroatoms. The lowest BCUT2D eigenvalue weighted by atomic mass is 9.57. The van der Waals surface area contributed by atoms with Crippen LogP contribution >= 0.6 is 0 Å². The zero-order valence-electron chi connectivity index (χ0n) is 10.7. The van der Waals surface area contributed by atoms with Crippen molar-refractivity contribution >= 4 is 23.7 Å². The second-order valence-electron chi connectivity index (χ2n) is 5.77. The maximum atomic E-state index is 6.51. The standard InChI is InChI=1S/C12H20B3NO/c13-10-16(15)7-5-11(14)6-8-17-12(9-11)3-1-2-4-12/h1-10H2. The van der Waals surface area contributed by atoms with Gasteiger partial charge in [0.1, 0.15) is 0 Å². The molecule has 1 saturated carbocycles. The molecule has 17 heavy (non-hydrogen) atoms. The smallest absolute Gasteiger partial charge is 0.181 e. The quantitative estimate of drug-likeness (QED) is 0.671. The van der Waals surface area contributed by atoms with Gasteiger partial charge in [0.05, 0.1) is 21.3 Å². The lowest BCUT2D eigenvalue weighted by Gasteiger charge is -2.45. The molecule has 1 unspecified atom stereocenters. The van der Waals surface area contributed by atoms with Crippen molar-refractivity contribution in [3.63, 3.8) is 0 Å². The Hall–Kier alpha value is 0.115. The Morgan fingerprint density at radius 2 is 1.88 bits per heavy atom. The van der Waals surface area contributed by atoms with Gasteiger partial charge in [-0.3, -0.25) is 0 Å². The van der Waals surface area contributed by atoms with Crippen molar-refractivity contribution in [3.8, 4) is 0 Å². The van der Waals surface area contributed by atoms with E-state index in [-0.39, 0.29) is 10.9 Å². The average Bonchev–Trinajstić information content (AvgIpc) is 2.74. The van der Waals surface area contributed by atoms with Crippen LogP contribution in [0.25, 0.3) is 0 Å². The zero-order chi connectivity index (χ0) is 12.4. The maximum absolute atomic E-state index is 6.51. The van der Waals surface area contributed by atoms with Crippen molar-refractivity contribution in [2.75, 3.05) is 19.6 Å². The van der Waals surface area contributed by atoms with Crippen LogP contribution in [0.2, 0.25) is 5.31 Å². The summed E-state index contributed by atoms with van der Waals surface area (Å²) in [6.45, 7) is 1.56. The number of ether oxygens (including phenoxy) is 1. The fraction of sp³-hybridized carbons (Fsp3) is 1.00. The monoisotopic (exact) mass is 227 g/mol. The molecule has 0 amide bonds. The summed E-state index contributed by atoms with van der Waals surface area (Å²) in [5.41, 5.74) is 0.0785. The lowest BCUT2D eigenvalue weighted by molar-refractivity contribution is -0.0894. The molecular formula is C12H20B3NO. The first-order valence-corrected chi connectivity index (χ1v) is 6.70. The van der Waals surface area contributed by atoms with Gasteiger partial charge < -0.3 is 9.55 Å². The molecule has 1 aliphatic heterocycles. The molecule has 1 heterocycles. The summed E-state index contributed by atoms with van der Waals surface area (Å²) in [5.74, 6) is 0. The van der Waals surface area contributed by atoms with Crippen molar-refractivity contribution in [2.24, 2.45) is 0 Å². The van der Waals surface area contributed by atoms with Crippen molar-refractivity contribution in [3.05, 3.63) is 0 Å². The molecule has 2 aliphatic rings. The maximum Gasteiger partial charge on any atom is 0.181 e. The van der Waals surface area contributed by atoms with Crippen LogP contribution in [-0.2, 0) is 4.74 Å². The minimum atomic E-state index is -0.116. The minimum Gasteiger partial charge on any atom is -0.375 e. The fourth-order valence-corrected chi connectivity index (χ4v) is 3.26. The van der Waals surface area contributed by atoms with Crippen molar-refractivity contribution < 1.29 is 4.74 Å². The van der Waals surface area contributed by atoms with E-state index in [1.165, 1.54) is 25.7 Å². The Kier molecular flexibility index (Phi) is 4.30. The summed E-state index contributed by atoms with van der Waals surface area (Å²) < 4.78 is 6.01. The van der Waals surface area contributed by atoms with Crippen LogP contribution in [0.4, 0.5) is 0 Å². The predicted molar refractivity (Wildman–Crippen MR) is 72.5 cm³/mol. The molecule has 1 saturated heterocycles. The Morgan fingerprint density at radius 1 is 1.18 bits per heavy atom. The van der Waals surface area contributed by atoms with Crippen LogP contribution in [0.5, 0.6) is 0 Å². The molecule has 1 atom stereocenters. The van der Waals surface area contributed by atoms with E-state index >= 15 is 0 Å². The van der Waals surface area contributed by atoms with Crippen molar-refractivity contribution in [1.29, 1.82) is 0 Å². The summed E-state index contributed by atoms with van der Waals surface area (Å²) in [6, 6.07) is 0. The first-order chi connectivity index (χ1) is 8.08. The summed E-state index contributed by atoms with van der Waals surface area (Å²) >= 11 is 0. The largest absolute Gasteiger partial charge is 0.375 e. The topological polar surface area (TPSA) is 12.5 Å². The van der Waals surface area contributed by atoms with Crippen LogP contribution in [0.15, 0.2) is 0 Å².